The Morgan fingerprint density at radius 1 is 1.38 bits per heavy atom. The second-order valence-electron chi connectivity index (χ2n) is 4.14. The Kier molecular flexibility index (Phi) is 6.08. The van der Waals surface area contributed by atoms with Crippen molar-refractivity contribution >= 4 is 12.0 Å². The van der Waals surface area contributed by atoms with Gasteiger partial charge in [-0.25, -0.2) is 4.79 Å². The van der Waals surface area contributed by atoms with Crippen molar-refractivity contribution in [3.8, 4) is 11.5 Å². The van der Waals surface area contributed by atoms with Crippen LogP contribution in [0.15, 0.2) is 24.3 Å². The molecule has 0 saturated carbocycles. The lowest BCUT2D eigenvalue weighted by molar-refractivity contribution is -0.136. The van der Waals surface area contributed by atoms with E-state index < -0.39 is 18.6 Å². The van der Waals surface area contributed by atoms with Gasteiger partial charge in [0.25, 0.3) is 0 Å². The number of alkyl halides is 3. The molecule has 0 saturated heterocycles. The maximum absolute atomic E-state index is 12.0. The van der Waals surface area contributed by atoms with Gasteiger partial charge in [-0.1, -0.05) is 0 Å². The normalized spacial score (nSPS) is 11.6. The third-order valence-corrected chi connectivity index (χ3v) is 2.48. The van der Waals surface area contributed by atoms with Crippen molar-refractivity contribution < 1.29 is 32.5 Å². The second-order valence-corrected chi connectivity index (χ2v) is 4.14. The molecule has 0 amide bonds. The molecule has 0 aliphatic rings. The van der Waals surface area contributed by atoms with Crippen molar-refractivity contribution in [2.45, 2.75) is 19.0 Å². The van der Waals surface area contributed by atoms with Crippen LogP contribution in [-0.2, 0) is 4.79 Å². The first-order valence-electron chi connectivity index (χ1n) is 6.10. The fraction of sp³-hybridized carbons (Fsp3) is 0.357. The van der Waals surface area contributed by atoms with Crippen LogP contribution < -0.4 is 9.47 Å². The van der Waals surface area contributed by atoms with Gasteiger partial charge >= 0.3 is 12.1 Å². The van der Waals surface area contributed by atoms with Gasteiger partial charge in [0.05, 0.1) is 13.7 Å². The molecular formula is C14H15F3O4. The summed E-state index contributed by atoms with van der Waals surface area (Å²) in [5.41, 5.74) is 0.420. The molecule has 1 aromatic carbocycles. The van der Waals surface area contributed by atoms with Crippen LogP contribution in [0.1, 0.15) is 18.4 Å². The van der Waals surface area contributed by atoms with Crippen LogP contribution in [0.2, 0.25) is 0 Å². The monoisotopic (exact) mass is 304 g/mol. The number of methoxy groups -OCH3 is 1. The molecule has 0 aromatic heterocycles. The molecule has 1 aromatic rings. The minimum Gasteiger partial charge on any atom is -0.497 e. The number of carbonyl (C=O) groups is 1. The Bertz CT molecular complexity index is 509. The van der Waals surface area contributed by atoms with E-state index in [9.17, 15) is 18.0 Å². The van der Waals surface area contributed by atoms with Gasteiger partial charge in [-0.2, -0.15) is 13.2 Å². The lowest BCUT2D eigenvalue weighted by Crippen LogP contribution is -2.10. The Morgan fingerprint density at radius 2 is 2.10 bits per heavy atom. The van der Waals surface area contributed by atoms with Crippen molar-refractivity contribution in [1.82, 2.24) is 0 Å². The van der Waals surface area contributed by atoms with E-state index in [2.05, 4.69) is 0 Å². The molecule has 0 atom stereocenters. The number of carboxylic acids is 1. The van der Waals surface area contributed by atoms with E-state index in [4.69, 9.17) is 14.6 Å². The summed E-state index contributed by atoms with van der Waals surface area (Å²) in [6.07, 6.45) is -3.10. The first kappa shape index (κ1) is 16.9. The highest BCUT2D eigenvalue weighted by Crippen LogP contribution is 2.26. The van der Waals surface area contributed by atoms with Gasteiger partial charge in [0.2, 0.25) is 0 Å². The molecular weight excluding hydrogens is 289 g/mol. The largest absolute Gasteiger partial charge is 0.497 e. The molecule has 0 spiro atoms. The molecule has 0 fully saturated rings. The number of ether oxygens (including phenoxy) is 2. The van der Waals surface area contributed by atoms with Gasteiger partial charge in [0.1, 0.15) is 11.5 Å². The van der Waals surface area contributed by atoms with Crippen molar-refractivity contribution in [3.05, 3.63) is 29.8 Å². The average molecular weight is 304 g/mol. The summed E-state index contributed by atoms with van der Waals surface area (Å²) in [4.78, 5) is 10.5. The Hall–Kier alpha value is -2.18. The summed E-state index contributed by atoms with van der Waals surface area (Å²) in [6.45, 7) is -0.111. The molecule has 0 unspecified atom stereocenters. The Labute approximate surface area is 119 Å². The Balaban J connectivity index is 2.73. The molecule has 0 radical (unpaired) electrons. The first-order chi connectivity index (χ1) is 9.81. The topological polar surface area (TPSA) is 55.8 Å². The van der Waals surface area contributed by atoms with E-state index in [1.165, 1.54) is 19.3 Å². The van der Waals surface area contributed by atoms with Crippen LogP contribution in [0.3, 0.4) is 0 Å². The number of aliphatic carboxylic acids is 1. The molecule has 4 nitrogen and oxygen atoms in total. The maximum Gasteiger partial charge on any atom is 0.389 e. The van der Waals surface area contributed by atoms with Gasteiger partial charge in [-0.15, -0.1) is 0 Å². The van der Waals surface area contributed by atoms with Crippen molar-refractivity contribution in [2.75, 3.05) is 13.7 Å². The zero-order valence-electron chi connectivity index (χ0n) is 11.3. The van der Waals surface area contributed by atoms with E-state index in [0.717, 1.165) is 6.08 Å². The fourth-order valence-electron chi connectivity index (χ4n) is 1.53. The second kappa shape index (κ2) is 7.56. The molecule has 0 bridgehead atoms. The predicted molar refractivity (Wildman–Crippen MR) is 70.4 cm³/mol. The number of hydrogen-bond acceptors (Lipinski definition) is 3. The van der Waals surface area contributed by atoms with Gasteiger partial charge in [-0.3, -0.25) is 0 Å². The summed E-state index contributed by atoms with van der Waals surface area (Å²) in [7, 11) is 1.45. The minimum atomic E-state index is -4.21. The first-order valence-corrected chi connectivity index (χ1v) is 6.10. The molecule has 0 heterocycles. The van der Waals surface area contributed by atoms with Crippen LogP contribution in [-0.4, -0.2) is 31.0 Å². The number of benzene rings is 1. The van der Waals surface area contributed by atoms with Gasteiger partial charge in [0.15, 0.2) is 0 Å². The molecule has 1 N–H and O–H groups in total. The smallest absolute Gasteiger partial charge is 0.389 e. The minimum absolute atomic E-state index is 0.111. The van der Waals surface area contributed by atoms with Gasteiger partial charge in [0, 0.05) is 18.1 Å². The van der Waals surface area contributed by atoms with Crippen molar-refractivity contribution in [1.29, 1.82) is 0 Å². The molecule has 21 heavy (non-hydrogen) atoms. The number of hydrogen-bond donors (Lipinski definition) is 1. The predicted octanol–water partition coefficient (Wildman–Crippen LogP) is 3.51. The molecule has 7 heteroatoms. The fourth-order valence-corrected chi connectivity index (χ4v) is 1.53. The molecule has 0 aliphatic carbocycles. The van der Waals surface area contributed by atoms with Crippen LogP contribution in [0, 0.1) is 0 Å². The van der Waals surface area contributed by atoms with E-state index in [-0.39, 0.29) is 13.0 Å². The lowest BCUT2D eigenvalue weighted by Gasteiger charge is -2.11. The standard InChI is InChI=1S/C14H15F3O4/c1-20-11-4-5-12(10(9-11)3-6-13(18)19)21-8-2-7-14(15,16)17/h3-6,9H,2,7-8H2,1H3,(H,18,19)/b6-3+. The molecule has 1 rings (SSSR count). The quantitative estimate of drug-likeness (QED) is 0.618. The average Bonchev–Trinajstić information content (AvgIpc) is 2.40. The summed E-state index contributed by atoms with van der Waals surface area (Å²) in [5.74, 6) is -0.348. The van der Waals surface area contributed by atoms with E-state index in [1.54, 1.807) is 12.1 Å². The highest BCUT2D eigenvalue weighted by molar-refractivity contribution is 5.86. The third kappa shape index (κ3) is 6.69. The SMILES string of the molecule is COc1ccc(OCCCC(F)(F)F)c(/C=C/C(=O)O)c1. The summed E-state index contributed by atoms with van der Waals surface area (Å²) < 4.78 is 46.3. The van der Waals surface area contributed by atoms with Crippen LogP contribution in [0.5, 0.6) is 11.5 Å². The van der Waals surface area contributed by atoms with Crippen LogP contribution in [0.25, 0.3) is 6.08 Å². The van der Waals surface area contributed by atoms with E-state index in [0.29, 0.717) is 17.1 Å². The van der Waals surface area contributed by atoms with Gasteiger partial charge in [-0.05, 0) is 30.7 Å². The van der Waals surface area contributed by atoms with E-state index in [1.807, 2.05) is 0 Å². The number of carboxylic acid groups (broad SMARTS) is 1. The number of rotatable bonds is 7. The van der Waals surface area contributed by atoms with Crippen molar-refractivity contribution in [2.24, 2.45) is 0 Å². The van der Waals surface area contributed by atoms with Crippen LogP contribution >= 0.6 is 0 Å². The zero-order chi connectivity index (χ0) is 15.9. The maximum atomic E-state index is 12.0. The zero-order valence-corrected chi connectivity index (χ0v) is 11.3. The highest BCUT2D eigenvalue weighted by atomic mass is 19.4. The number of halogens is 3. The third-order valence-electron chi connectivity index (χ3n) is 2.48. The Morgan fingerprint density at radius 3 is 2.67 bits per heavy atom. The van der Waals surface area contributed by atoms with E-state index >= 15 is 0 Å². The van der Waals surface area contributed by atoms with Crippen molar-refractivity contribution in [3.63, 3.8) is 0 Å². The van der Waals surface area contributed by atoms with Crippen LogP contribution in [0.4, 0.5) is 13.2 Å². The summed E-state index contributed by atoms with van der Waals surface area (Å²) in [5, 5.41) is 8.61. The highest BCUT2D eigenvalue weighted by Gasteiger charge is 2.26. The van der Waals surface area contributed by atoms with Gasteiger partial charge < -0.3 is 14.6 Å². The molecule has 116 valence electrons. The summed E-state index contributed by atoms with van der Waals surface area (Å²) >= 11 is 0. The lowest BCUT2D eigenvalue weighted by atomic mass is 10.1. The molecule has 0 aliphatic heterocycles. The summed E-state index contributed by atoms with van der Waals surface area (Å²) in [6, 6.07) is 4.64.